The van der Waals surface area contributed by atoms with Crippen molar-refractivity contribution in [1.29, 1.82) is 0 Å². The van der Waals surface area contributed by atoms with Crippen LogP contribution in [0.5, 0.6) is 0 Å². The topological polar surface area (TPSA) is 23.6 Å². The van der Waals surface area contributed by atoms with Crippen molar-refractivity contribution in [3.8, 4) is 0 Å². The summed E-state index contributed by atoms with van der Waals surface area (Å²) in [6, 6.07) is 21.8. The van der Waals surface area contributed by atoms with Gasteiger partial charge in [0.25, 0.3) is 0 Å². The molecule has 0 radical (unpaired) electrons. The van der Waals surface area contributed by atoms with Gasteiger partial charge in [0.15, 0.2) is 0 Å². The third-order valence-electron chi connectivity index (χ3n) is 6.91. The first kappa shape index (κ1) is 22.6. The first-order valence-electron chi connectivity index (χ1n) is 11.2. The number of anilines is 1. The number of rotatable bonds is 4. The van der Waals surface area contributed by atoms with E-state index < -0.39 is 0 Å². The second kappa shape index (κ2) is 8.87. The predicted molar refractivity (Wildman–Crippen MR) is 137 cm³/mol. The highest BCUT2D eigenvalue weighted by Gasteiger charge is 2.53. The average molecular weight is 500 g/mol. The van der Waals surface area contributed by atoms with Gasteiger partial charge in [-0.2, -0.15) is 0 Å². The molecule has 3 nitrogen and oxygen atoms in total. The molecule has 1 aliphatic carbocycles. The highest BCUT2D eigenvalue weighted by Crippen LogP contribution is 2.50. The van der Waals surface area contributed by atoms with Crippen LogP contribution in [0.15, 0.2) is 66.7 Å². The second-order valence-corrected chi connectivity index (χ2v) is 10.3. The highest BCUT2D eigenvalue weighted by molar-refractivity contribution is 6.36. The summed E-state index contributed by atoms with van der Waals surface area (Å²) in [5, 5.41) is 1.91. The number of carbonyl (C=O) groups is 1. The Morgan fingerprint density at radius 2 is 1.55 bits per heavy atom. The quantitative estimate of drug-likeness (QED) is 0.383. The number of nitrogens with zero attached hydrogens (tertiary/aromatic N) is 2. The van der Waals surface area contributed by atoms with Crippen LogP contribution < -0.4 is 4.90 Å². The molecule has 1 unspecified atom stereocenters. The van der Waals surface area contributed by atoms with E-state index in [9.17, 15) is 4.79 Å². The Hall–Kier alpha value is -2.20. The Bertz CT molecular complexity index is 1170. The monoisotopic (exact) mass is 498 g/mol. The van der Waals surface area contributed by atoms with Gasteiger partial charge >= 0.3 is 0 Å². The number of hydrogen-bond acceptors (Lipinski definition) is 2. The minimum absolute atomic E-state index is 0.0348. The largest absolute Gasteiger partial charge is 0.360 e. The van der Waals surface area contributed by atoms with E-state index in [4.69, 9.17) is 34.8 Å². The summed E-state index contributed by atoms with van der Waals surface area (Å²) in [6.07, 6.45) is 1.81. The summed E-state index contributed by atoms with van der Waals surface area (Å²) in [7, 11) is 0. The molecule has 5 rings (SSSR count). The van der Waals surface area contributed by atoms with Gasteiger partial charge in [0.2, 0.25) is 5.91 Å². The van der Waals surface area contributed by atoms with E-state index >= 15 is 0 Å². The summed E-state index contributed by atoms with van der Waals surface area (Å²) >= 11 is 18.9. The number of benzene rings is 3. The lowest BCUT2D eigenvalue weighted by molar-refractivity contribution is -0.134. The summed E-state index contributed by atoms with van der Waals surface area (Å²) in [5.74, 6) is 0.229. The van der Waals surface area contributed by atoms with Crippen LogP contribution in [0.2, 0.25) is 15.1 Å². The van der Waals surface area contributed by atoms with E-state index in [-0.39, 0.29) is 17.4 Å². The van der Waals surface area contributed by atoms with E-state index in [1.165, 1.54) is 5.56 Å². The Morgan fingerprint density at radius 3 is 2.18 bits per heavy atom. The summed E-state index contributed by atoms with van der Waals surface area (Å²) in [5.41, 5.74) is 3.98. The molecule has 170 valence electrons. The van der Waals surface area contributed by atoms with Crippen LogP contribution in [0, 0.1) is 6.92 Å². The minimum Gasteiger partial charge on any atom is -0.360 e. The number of hydrogen-bond donors (Lipinski definition) is 0. The maximum atomic E-state index is 13.8. The van der Waals surface area contributed by atoms with Crippen LogP contribution in [-0.4, -0.2) is 30.4 Å². The molecule has 0 bridgehead atoms. The molecular weight excluding hydrogens is 475 g/mol. The van der Waals surface area contributed by atoms with Crippen LogP contribution >= 0.6 is 34.8 Å². The number of piperazine rings is 1. The molecule has 2 fully saturated rings. The Balaban J connectivity index is 1.46. The molecule has 1 saturated heterocycles. The molecule has 0 N–H and O–H groups in total. The van der Waals surface area contributed by atoms with E-state index in [1.807, 2.05) is 41.3 Å². The van der Waals surface area contributed by atoms with Crippen LogP contribution in [-0.2, 0) is 10.2 Å². The molecule has 1 saturated carbocycles. The Morgan fingerprint density at radius 1 is 0.879 bits per heavy atom. The standard InChI is InChI=1S/C27H25Cl3N2O/c1-18-2-6-20(7-3-18)27(12-13-27)26(33)31-14-15-32(24-11-10-22(29)16-23(24)30)25(17-31)19-4-8-21(28)9-5-19/h2-11,16,25H,12-15,17H2,1H3. The van der Waals surface area contributed by atoms with Gasteiger partial charge in [-0.05, 0) is 61.2 Å². The van der Waals surface area contributed by atoms with Gasteiger partial charge in [-0.15, -0.1) is 0 Å². The Labute approximate surface area is 209 Å². The molecule has 2 aliphatic rings. The van der Waals surface area contributed by atoms with E-state index in [2.05, 4.69) is 36.1 Å². The molecule has 1 amide bonds. The van der Waals surface area contributed by atoms with Crippen molar-refractivity contribution in [3.05, 3.63) is 98.5 Å². The fraction of sp³-hybridized carbons (Fsp3) is 0.296. The van der Waals surface area contributed by atoms with Gasteiger partial charge in [-0.3, -0.25) is 4.79 Å². The van der Waals surface area contributed by atoms with E-state index in [0.717, 1.165) is 29.7 Å². The third kappa shape index (κ3) is 4.35. The van der Waals surface area contributed by atoms with Gasteiger partial charge in [-0.25, -0.2) is 0 Å². The van der Waals surface area contributed by atoms with Crippen LogP contribution in [0.1, 0.15) is 35.6 Å². The number of carbonyl (C=O) groups excluding carboxylic acids is 1. The molecule has 1 heterocycles. The molecule has 1 atom stereocenters. The van der Waals surface area contributed by atoms with Gasteiger partial charge in [-0.1, -0.05) is 76.8 Å². The van der Waals surface area contributed by atoms with Gasteiger partial charge in [0.1, 0.15) is 0 Å². The highest BCUT2D eigenvalue weighted by atomic mass is 35.5. The molecule has 3 aromatic rings. The summed E-state index contributed by atoms with van der Waals surface area (Å²) in [4.78, 5) is 18.1. The lowest BCUT2D eigenvalue weighted by Gasteiger charge is -2.44. The maximum absolute atomic E-state index is 13.8. The van der Waals surface area contributed by atoms with Crippen LogP contribution in [0.25, 0.3) is 0 Å². The molecule has 1 aliphatic heterocycles. The van der Waals surface area contributed by atoms with Crippen molar-refractivity contribution in [2.24, 2.45) is 0 Å². The zero-order valence-electron chi connectivity index (χ0n) is 18.4. The Kier molecular flexibility index (Phi) is 6.07. The lowest BCUT2D eigenvalue weighted by Crippen LogP contribution is -2.53. The van der Waals surface area contributed by atoms with Gasteiger partial charge in [0.05, 0.1) is 22.2 Å². The summed E-state index contributed by atoms with van der Waals surface area (Å²) in [6.45, 7) is 4.00. The SMILES string of the molecule is Cc1ccc(C2(C(=O)N3CCN(c4ccc(Cl)cc4Cl)C(c4ccc(Cl)cc4)C3)CC2)cc1. The normalized spacial score (nSPS) is 19.5. The zero-order valence-corrected chi connectivity index (χ0v) is 20.7. The molecule has 0 aromatic heterocycles. The number of aryl methyl sites for hydroxylation is 1. The fourth-order valence-electron chi connectivity index (χ4n) is 4.87. The van der Waals surface area contributed by atoms with Crippen molar-refractivity contribution in [1.82, 2.24) is 4.90 Å². The smallest absolute Gasteiger partial charge is 0.233 e. The van der Waals surface area contributed by atoms with Crippen LogP contribution in [0.3, 0.4) is 0 Å². The minimum atomic E-state index is -0.377. The molecule has 33 heavy (non-hydrogen) atoms. The maximum Gasteiger partial charge on any atom is 0.233 e. The molecule has 0 spiro atoms. The van der Waals surface area contributed by atoms with Crippen molar-refractivity contribution in [3.63, 3.8) is 0 Å². The third-order valence-corrected chi connectivity index (χ3v) is 7.69. The van der Waals surface area contributed by atoms with Crippen molar-refractivity contribution >= 4 is 46.4 Å². The number of halogens is 3. The first-order valence-corrected chi connectivity index (χ1v) is 12.3. The zero-order chi connectivity index (χ0) is 23.2. The second-order valence-electron chi connectivity index (χ2n) is 9.06. The van der Waals surface area contributed by atoms with Gasteiger partial charge < -0.3 is 9.80 Å². The van der Waals surface area contributed by atoms with Crippen molar-refractivity contribution in [2.75, 3.05) is 24.5 Å². The van der Waals surface area contributed by atoms with E-state index in [0.29, 0.717) is 34.7 Å². The molecule has 6 heteroatoms. The molecule has 3 aromatic carbocycles. The van der Waals surface area contributed by atoms with Crippen molar-refractivity contribution in [2.45, 2.75) is 31.2 Å². The van der Waals surface area contributed by atoms with Crippen molar-refractivity contribution < 1.29 is 4.79 Å². The molecular formula is C27H25Cl3N2O. The predicted octanol–water partition coefficient (Wildman–Crippen LogP) is 7.08. The number of amides is 1. The lowest BCUT2D eigenvalue weighted by atomic mass is 9.92. The van der Waals surface area contributed by atoms with E-state index in [1.54, 1.807) is 6.07 Å². The average Bonchev–Trinajstić information content (AvgIpc) is 3.61. The van der Waals surface area contributed by atoms with Crippen LogP contribution in [0.4, 0.5) is 5.69 Å². The van der Waals surface area contributed by atoms with Gasteiger partial charge in [0, 0.05) is 29.7 Å². The fourth-order valence-corrected chi connectivity index (χ4v) is 5.51. The first-order chi connectivity index (χ1) is 15.9. The summed E-state index contributed by atoms with van der Waals surface area (Å²) < 4.78 is 0.